The third-order valence-corrected chi connectivity index (χ3v) is 3.19. The summed E-state index contributed by atoms with van der Waals surface area (Å²) in [5, 5.41) is 8.33. The Hall–Kier alpha value is -0.360. The van der Waals surface area contributed by atoms with Gasteiger partial charge in [0.1, 0.15) is 5.25 Å². The minimum absolute atomic E-state index is 0.101. The van der Waals surface area contributed by atoms with Crippen LogP contribution < -0.4 is 0 Å². The van der Waals surface area contributed by atoms with Crippen molar-refractivity contribution in [1.82, 2.24) is 0 Å². The van der Waals surface area contributed by atoms with Crippen LogP contribution in [0.1, 0.15) is 27.2 Å². The van der Waals surface area contributed by atoms with E-state index >= 15 is 0 Å². The number of hydrogen-bond acceptors (Lipinski definition) is 2. The van der Waals surface area contributed by atoms with Crippen LogP contribution in [-0.4, -0.2) is 14.7 Å². The molecule has 0 saturated heterocycles. The molecule has 0 N–H and O–H groups in total. The fourth-order valence-corrected chi connectivity index (χ4v) is 1.73. The van der Waals surface area contributed by atoms with Crippen LogP contribution in [0.4, 0.5) is 0 Å². The Labute approximate surface area is 64.7 Å². The highest BCUT2D eigenvalue weighted by Gasteiger charge is 2.15. The van der Waals surface area contributed by atoms with E-state index in [0.717, 1.165) is 0 Å². The van der Waals surface area contributed by atoms with E-state index in [2.05, 4.69) is 0 Å². The highest BCUT2D eigenvalue weighted by atomic mass is 32.2. The van der Waals surface area contributed by atoms with Crippen molar-refractivity contribution in [3.8, 4) is 6.07 Å². The molecule has 10 heavy (non-hydrogen) atoms. The molecule has 0 bridgehead atoms. The number of hydrogen-bond donors (Lipinski definition) is 0. The minimum atomic E-state index is -0.971. The molecule has 0 aliphatic carbocycles. The third-order valence-electron chi connectivity index (χ3n) is 1.26. The molecule has 0 aromatic heterocycles. The van der Waals surface area contributed by atoms with Gasteiger partial charge in [-0.15, -0.1) is 0 Å². The Morgan fingerprint density at radius 1 is 1.60 bits per heavy atom. The van der Waals surface area contributed by atoms with Crippen LogP contribution >= 0.6 is 0 Å². The molecule has 0 radical (unpaired) electrons. The van der Waals surface area contributed by atoms with Crippen molar-refractivity contribution in [3.63, 3.8) is 0 Å². The van der Waals surface area contributed by atoms with Crippen LogP contribution in [0.5, 0.6) is 0 Å². The molecule has 0 fully saturated rings. The molecule has 0 aliphatic rings. The molecule has 3 heteroatoms. The molecule has 0 heterocycles. The van der Waals surface area contributed by atoms with Gasteiger partial charge < -0.3 is 0 Å². The van der Waals surface area contributed by atoms with E-state index in [1.54, 1.807) is 0 Å². The van der Waals surface area contributed by atoms with Crippen molar-refractivity contribution < 1.29 is 4.21 Å². The van der Waals surface area contributed by atoms with Crippen molar-refractivity contribution >= 4 is 10.8 Å². The number of rotatable bonds is 3. The van der Waals surface area contributed by atoms with Crippen molar-refractivity contribution in [2.75, 3.05) is 0 Å². The predicted molar refractivity (Wildman–Crippen MR) is 43.0 cm³/mol. The molecule has 0 saturated carbocycles. The summed E-state index contributed by atoms with van der Waals surface area (Å²) in [5.41, 5.74) is 0. The van der Waals surface area contributed by atoms with Gasteiger partial charge in [0.05, 0.1) is 6.07 Å². The Morgan fingerprint density at radius 3 is 2.20 bits per heavy atom. The van der Waals surface area contributed by atoms with E-state index in [1.807, 2.05) is 26.8 Å². The van der Waals surface area contributed by atoms with Crippen LogP contribution in [0.15, 0.2) is 0 Å². The maximum absolute atomic E-state index is 11.2. The topological polar surface area (TPSA) is 40.9 Å². The second kappa shape index (κ2) is 4.45. The van der Waals surface area contributed by atoms with Gasteiger partial charge in [0, 0.05) is 16.0 Å². The van der Waals surface area contributed by atoms with Gasteiger partial charge in [-0.25, -0.2) is 0 Å². The molecule has 0 aromatic carbocycles. The van der Waals surface area contributed by atoms with E-state index in [-0.39, 0.29) is 10.5 Å². The highest BCUT2D eigenvalue weighted by molar-refractivity contribution is 7.86. The van der Waals surface area contributed by atoms with Gasteiger partial charge in [0.15, 0.2) is 0 Å². The van der Waals surface area contributed by atoms with Crippen LogP contribution in [-0.2, 0) is 10.8 Å². The molecule has 2 unspecified atom stereocenters. The molecule has 0 spiro atoms. The smallest absolute Gasteiger partial charge is 0.121 e. The van der Waals surface area contributed by atoms with Crippen molar-refractivity contribution in [2.45, 2.75) is 37.7 Å². The molecule has 58 valence electrons. The Morgan fingerprint density at radius 2 is 2.10 bits per heavy atom. The van der Waals surface area contributed by atoms with E-state index in [1.165, 1.54) is 0 Å². The Kier molecular flexibility index (Phi) is 4.29. The Balaban J connectivity index is 4.06. The first-order valence-corrected chi connectivity index (χ1v) is 4.70. The predicted octanol–water partition coefficient (Wildman–Crippen LogP) is 1.45. The first-order valence-electron chi connectivity index (χ1n) is 3.42. The first-order chi connectivity index (χ1) is 4.63. The normalized spacial score (nSPS) is 16.3. The lowest BCUT2D eigenvalue weighted by atomic mass is 10.4. The van der Waals surface area contributed by atoms with Gasteiger partial charge in [-0.05, 0) is 6.42 Å². The van der Waals surface area contributed by atoms with Gasteiger partial charge in [-0.2, -0.15) is 5.26 Å². The summed E-state index contributed by atoms with van der Waals surface area (Å²) >= 11 is 0. The molecule has 0 aliphatic heterocycles. The summed E-state index contributed by atoms with van der Waals surface area (Å²) in [5.74, 6) is 0. The molecule has 0 amide bonds. The number of nitriles is 1. The fourth-order valence-electron chi connectivity index (χ4n) is 0.636. The molecule has 2 nitrogen and oxygen atoms in total. The zero-order valence-corrected chi connectivity index (χ0v) is 7.44. The van der Waals surface area contributed by atoms with Crippen molar-refractivity contribution in [2.24, 2.45) is 0 Å². The summed E-state index contributed by atoms with van der Waals surface area (Å²) in [6.07, 6.45) is 0.682. The molecular formula is C7H13NOS. The van der Waals surface area contributed by atoms with Gasteiger partial charge in [0.25, 0.3) is 0 Å². The summed E-state index contributed by atoms with van der Waals surface area (Å²) in [6, 6.07) is 2.03. The lowest BCUT2D eigenvalue weighted by molar-refractivity contribution is 0.669. The van der Waals surface area contributed by atoms with E-state index < -0.39 is 10.8 Å². The highest BCUT2D eigenvalue weighted by Crippen LogP contribution is 2.05. The fraction of sp³-hybridized carbons (Fsp3) is 0.857. The van der Waals surface area contributed by atoms with Gasteiger partial charge in [0.2, 0.25) is 0 Å². The van der Waals surface area contributed by atoms with Crippen molar-refractivity contribution in [3.05, 3.63) is 0 Å². The summed E-state index contributed by atoms with van der Waals surface area (Å²) in [7, 11) is -0.971. The van der Waals surface area contributed by atoms with Crippen LogP contribution in [0.2, 0.25) is 0 Å². The van der Waals surface area contributed by atoms with Gasteiger partial charge >= 0.3 is 0 Å². The number of nitrogens with zero attached hydrogens (tertiary/aromatic N) is 1. The molecular weight excluding hydrogens is 146 g/mol. The SMILES string of the molecule is CCC(C#N)S(=O)C(C)C. The zero-order valence-electron chi connectivity index (χ0n) is 6.63. The second-order valence-corrected chi connectivity index (χ2v) is 4.57. The average molecular weight is 159 g/mol. The van der Waals surface area contributed by atoms with Gasteiger partial charge in [-0.3, -0.25) is 4.21 Å². The maximum Gasteiger partial charge on any atom is 0.121 e. The maximum atomic E-state index is 11.2. The second-order valence-electron chi connectivity index (χ2n) is 2.40. The standard InChI is InChI=1S/C7H13NOS/c1-4-7(5-8)10(9)6(2)3/h6-7H,4H2,1-3H3. The lowest BCUT2D eigenvalue weighted by Crippen LogP contribution is -2.19. The first kappa shape index (κ1) is 9.64. The van der Waals surface area contributed by atoms with E-state index in [9.17, 15) is 4.21 Å². The zero-order chi connectivity index (χ0) is 8.15. The molecule has 0 rings (SSSR count). The third kappa shape index (κ3) is 2.49. The average Bonchev–Trinajstić information content (AvgIpc) is 1.90. The quantitative estimate of drug-likeness (QED) is 0.625. The molecule has 2 atom stereocenters. The summed E-state index contributed by atoms with van der Waals surface area (Å²) < 4.78 is 11.2. The summed E-state index contributed by atoms with van der Waals surface area (Å²) in [4.78, 5) is 0. The summed E-state index contributed by atoms with van der Waals surface area (Å²) in [6.45, 7) is 5.63. The largest absolute Gasteiger partial charge is 0.258 e. The van der Waals surface area contributed by atoms with Crippen LogP contribution in [0.3, 0.4) is 0 Å². The lowest BCUT2D eigenvalue weighted by Gasteiger charge is -2.08. The van der Waals surface area contributed by atoms with Crippen LogP contribution in [0.25, 0.3) is 0 Å². The van der Waals surface area contributed by atoms with Crippen LogP contribution in [0, 0.1) is 11.3 Å². The van der Waals surface area contributed by atoms with Gasteiger partial charge in [-0.1, -0.05) is 20.8 Å². The van der Waals surface area contributed by atoms with E-state index in [4.69, 9.17) is 5.26 Å². The monoisotopic (exact) mass is 159 g/mol. The van der Waals surface area contributed by atoms with E-state index in [0.29, 0.717) is 6.42 Å². The Bertz CT molecular complexity index is 159. The van der Waals surface area contributed by atoms with Crippen molar-refractivity contribution in [1.29, 1.82) is 5.26 Å². The molecule has 0 aromatic rings. The minimum Gasteiger partial charge on any atom is -0.258 e.